The maximum atomic E-state index is 10.3. The van der Waals surface area contributed by atoms with E-state index in [1.54, 1.807) is 20.8 Å². The zero-order valence-corrected chi connectivity index (χ0v) is 11.1. The minimum Gasteiger partial charge on any atom is -0.739 e. The van der Waals surface area contributed by atoms with E-state index in [4.69, 9.17) is 0 Å². The van der Waals surface area contributed by atoms with Crippen molar-refractivity contribution in [2.75, 3.05) is 6.54 Å². The maximum Gasteiger partial charge on any atom is 1.00 e. The number of aliphatic hydroxyl groups excluding tert-OH is 1. The standard InChI is InChI=1S/C6H13N2O3.K/c1-6(2,3)5(9)4-8(11)7-10;/h5,9H,4H2,1-3H3;/q-1;+1. The number of hydroxylamine groups is 1. The van der Waals surface area contributed by atoms with Crippen LogP contribution in [0.15, 0.2) is 5.29 Å². The van der Waals surface area contributed by atoms with Gasteiger partial charge in [-0.15, -0.1) is 4.91 Å². The summed E-state index contributed by atoms with van der Waals surface area (Å²) < 4.78 is 0. The Labute approximate surface area is 114 Å². The quantitative estimate of drug-likeness (QED) is 0.321. The molecule has 0 fully saturated rings. The van der Waals surface area contributed by atoms with Gasteiger partial charge in [-0.2, -0.15) is 0 Å². The third-order valence-electron chi connectivity index (χ3n) is 1.42. The van der Waals surface area contributed by atoms with Crippen molar-refractivity contribution in [3.05, 3.63) is 10.1 Å². The zero-order valence-electron chi connectivity index (χ0n) is 7.94. The molecule has 12 heavy (non-hydrogen) atoms. The van der Waals surface area contributed by atoms with Crippen molar-refractivity contribution in [1.29, 1.82) is 0 Å². The van der Waals surface area contributed by atoms with Crippen molar-refractivity contribution >= 4 is 0 Å². The van der Waals surface area contributed by atoms with Crippen LogP contribution in [0, 0.1) is 15.5 Å². The molecule has 0 aliphatic rings. The van der Waals surface area contributed by atoms with E-state index < -0.39 is 11.5 Å². The van der Waals surface area contributed by atoms with Crippen LogP contribution in [-0.2, 0) is 0 Å². The van der Waals surface area contributed by atoms with E-state index in [2.05, 4.69) is 5.29 Å². The predicted molar refractivity (Wildman–Crippen MR) is 41.3 cm³/mol. The van der Waals surface area contributed by atoms with Crippen LogP contribution in [0.1, 0.15) is 20.8 Å². The molecule has 1 N–H and O–H groups in total. The smallest absolute Gasteiger partial charge is 0.739 e. The van der Waals surface area contributed by atoms with Crippen LogP contribution in [0.4, 0.5) is 0 Å². The molecule has 0 spiro atoms. The number of hydrogen-bond donors (Lipinski definition) is 1. The van der Waals surface area contributed by atoms with Gasteiger partial charge in [0.15, 0.2) is 0 Å². The number of nitrogens with zero attached hydrogens (tertiary/aromatic N) is 2. The van der Waals surface area contributed by atoms with Gasteiger partial charge in [0.05, 0.1) is 12.6 Å². The molecule has 66 valence electrons. The molecular formula is C6H13KN2O3. The Morgan fingerprint density at radius 2 is 2.00 bits per heavy atom. The number of aliphatic hydroxyl groups is 1. The summed E-state index contributed by atoms with van der Waals surface area (Å²) in [6.45, 7) is 5.05. The molecule has 0 aliphatic carbocycles. The van der Waals surface area contributed by atoms with Crippen molar-refractivity contribution in [1.82, 2.24) is 5.17 Å². The summed E-state index contributed by atoms with van der Waals surface area (Å²) in [5, 5.41) is 21.6. The van der Waals surface area contributed by atoms with Crippen molar-refractivity contribution in [2.24, 2.45) is 10.7 Å². The largest absolute Gasteiger partial charge is 1.00 e. The van der Waals surface area contributed by atoms with Crippen LogP contribution in [-0.4, -0.2) is 22.9 Å². The fraction of sp³-hybridized carbons (Fsp3) is 1.00. The van der Waals surface area contributed by atoms with E-state index in [0.29, 0.717) is 0 Å². The molecule has 0 aromatic heterocycles. The van der Waals surface area contributed by atoms with Gasteiger partial charge in [-0.3, -0.25) is 0 Å². The molecular weight excluding hydrogens is 187 g/mol. The predicted octanol–water partition coefficient (Wildman–Crippen LogP) is -2.12. The average Bonchev–Trinajstić information content (AvgIpc) is 1.85. The molecule has 0 radical (unpaired) electrons. The van der Waals surface area contributed by atoms with E-state index in [1.807, 2.05) is 0 Å². The Kier molecular flexibility index (Phi) is 8.25. The van der Waals surface area contributed by atoms with E-state index >= 15 is 0 Å². The van der Waals surface area contributed by atoms with E-state index in [9.17, 15) is 15.2 Å². The minimum absolute atomic E-state index is 0. The maximum absolute atomic E-state index is 10.3. The summed E-state index contributed by atoms with van der Waals surface area (Å²) in [6.07, 6.45) is -0.835. The van der Waals surface area contributed by atoms with Crippen molar-refractivity contribution < 1.29 is 56.5 Å². The summed E-state index contributed by atoms with van der Waals surface area (Å²) in [5.74, 6) is 0. The van der Waals surface area contributed by atoms with Crippen LogP contribution in [0.25, 0.3) is 0 Å². The molecule has 1 unspecified atom stereocenters. The van der Waals surface area contributed by atoms with Gasteiger partial charge in [0.25, 0.3) is 0 Å². The Hall–Kier alpha value is 0.956. The van der Waals surface area contributed by atoms with Crippen LogP contribution in [0.2, 0.25) is 0 Å². The average molecular weight is 200 g/mol. The molecule has 0 aromatic rings. The van der Waals surface area contributed by atoms with E-state index in [0.717, 1.165) is 0 Å². The van der Waals surface area contributed by atoms with Gasteiger partial charge in [0.2, 0.25) is 0 Å². The summed E-state index contributed by atoms with van der Waals surface area (Å²) >= 11 is 0. The zero-order chi connectivity index (χ0) is 9.07. The van der Waals surface area contributed by atoms with Crippen LogP contribution in [0.5, 0.6) is 0 Å². The fourth-order valence-corrected chi connectivity index (χ4v) is 0.455. The molecule has 0 bridgehead atoms. The molecule has 0 saturated heterocycles. The number of rotatable bonds is 3. The van der Waals surface area contributed by atoms with E-state index in [-0.39, 0.29) is 63.1 Å². The SMILES string of the molecule is CC(C)(C)C(O)CN([O-])N=O.[K+]. The second-order valence-corrected chi connectivity index (χ2v) is 3.50. The first-order chi connectivity index (χ1) is 4.88. The van der Waals surface area contributed by atoms with Gasteiger partial charge in [-0.25, -0.2) is 0 Å². The monoisotopic (exact) mass is 200 g/mol. The summed E-state index contributed by atoms with van der Waals surface area (Å²) in [4.78, 5) is 9.62. The first-order valence-corrected chi connectivity index (χ1v) is 3.34. The van der Waals surface area contributed by atoms with Crippen LogP contribution < -0.4 is 51.4 Å². The Morgan fingerprint density at radius 1 is 1.58 bits per heavy atom. The van der Waals surface area contributed by atoms with Gasteiger partial charge < -0.3 is 15.5 Å². The third-order valence-corrected chi connectivity index (χ3v) is 1.42. The summed E-state index contributed by atoms with van der Waals surface area (Å²) in [6, 6.07) is 0. The molecule has 0 aliphatic heterocycles. The molecule has 0 amide bonds. The normalized spacial score (nSPS) is 13.1. The fourth-order valence-electron chi connectivity index (χ4n) is 0.455. The van der Waals surface area contributed by atoms with Gasteiger partial charge in [-0.1, -0.05) is 20.8 Å². The van der Waals surface area contributed by atoms with Crippen molar-refractivity contribution in [2.45, 2.75) is 26.9 Å². The molecule has 0 saturated carbocycles. The summed E-state index contributed by atoms with van der Waals surface area (Å²) in [5.41, 5.74) is -0.395. The molecule has 0 aromatic carbocycles. The van der Waals surface area contributed by atoms with Crippen LogP contribution in [0.3, 0.4) is 0 Å². The van der Waals surface area contributed by atoms with Crippen molar-refractivity contribution in [3.8, 4) is 0 Å². The Morgan fingerprint density at radius 3 is 2.25 bits per heavy atom. The van der Waals surface area contributed by atoms with Gasteiger partial charge in [0, 0.05) is 5.29 Å². The Balaban J connectivity index is 0. The molecule has 0 heterocycles. The van der Waals surface area contributed by atoms with Crippen molar-refractivity contribution in [3.63, 3.8) is 0 Å². The molecule has 5 nitrogen and oxygen atoms in total. The van der Waals surface area contributed by atoms with Gasteiger partial charge in [-0.05, 0) is 5.41 Å². The number of nitroso groups, excluding NO2 is 1. The third kappa shape index (κ3) is 6.47. The second-order valence-electron chi connectivity index (χ2n) is 3.50. The molecule has 0 rings (SSSR count). The first kappa shape index (κ1) is 15.4. The molecule has 1 atom stereocenters. The van der Waals surface area contributed by atoms with E-state index in [1.165, 1.54) is 0 Å². The number of hydrogen-bond acceptors (Lipinski definition) is 4. The Bertz CT molecular complexity index is 137. The first-order valence-electron chi connectivity index (χ1n) is 3.34. The summed E-state index contributed by atoms with van der Waals surface area (Å²) in [7, 11) is 0. The van der Waals surface area contributed by atoms with Gasteiger partial charge in [0.1, 0.15) is 0 Å². The minimum atomic E-state index is -0.835. The second kappa shape index (κ2) is 6.42. The van der Waals surface area contributed by atoms with Gasteiger partial charge >= 0.3 is 51.4 Å². The topological polar surface area (TPSA) is 76.0 Å². The molecule has 6 heteroatoms. The van der Waals surface area contributed by atoms with Crippen LogP contribution >= 0.6 is 0 Å².